The van der Waals surface area contributed by atoms with Crippen LogP contribution in [0.4, 0.5) is 10.1 Å². The Balaban J connectivity index is 1.79. The lowest BCUT2D eigenvalue weighted by molar-refractivity contribution is 0.0975. The Bertz CT molecular complexity index is 851. The monoisotopic (exact) mass is 389 g/mol. The van der Waals surface area contributed by atoms with Gasteiger partial charge in [-0.3, -0.25) is 10.1 Å². The summed E-state index contributed by atoms with van der Waals surface area (Å²) in [5.74, 6) is -0.656. The first-order chi connectivity index (χ1) is 13.0. The first-order valence-corrected chi connectivity index (χ1v) is 9.15. The van der Waals surface area contributed by atoms with E-state index in [-0.39, 0.29) is 17.6 Å². The van der Waals surface area contributed by atoms with Crippen LogP contribution in [0.25, 0.3) is 0 Å². The second-order valence-corrected chi connectivity index (χ2v) is 6.81. The van der Waals surface area contributed by atoms with Crippen LogP contribution in [0.15, 0.2) is 47.5 Å². The predicted octanol–water partition coefficient (Wildman–Crippen LogP) is 4.16. The number of guanidine groups is 1. The molecule has 0 aromatic heterocycles. The third-order valence-electron chi connectivity index (χ3n) is 4.25. The molecule has 0 saturated carbocycles. The zero-order valence-electron chi connectivity index (χ0n) is 15.0. The molecule has 1 aliphatic rings. The third kappa shape index (κ3) is 5.52. The minimum atomic E-state index is -0.473. The Morgan fingerprint density at radius 2 is 2.19 bits per heavy atom. The molecular formula is C20H21ClFN3O2. The molecule has 2 aromatic carbocycles. The molecule has 1 saturated heterocycles. The molecule has 0 radical (unpaired) electrons. The zero-order valence-corrected chi connectivity index (χ0v) is 15.7. The molecule has 1 aliphatic heterocycles. The van der Waals surface area contributed by atoms with Gasteiger partial charge in [0.15, 0.2) is 0 Å². The van der Waals surface area contributed by atoms with E-state index < -0.39 is 11.7 Å². The molecule has 3 rings (SSSR count). The lowest BCUT2D eigenvalue weighted by Gasteiger charge is -2.15. The number of ether oxygens (including phenoxy) is 1. The minimum Gasteiger partial charge on any atom is -0.376 e. The molecular weight excluding hydrogens is 369 g/mol. The van der Waals surface area contributed by atoms with Crippen molar-refractivity contribution in [2.75, 3.05) is 18.5 Å². The highest BCUT2D eigenvalue weighted by Crippen LogP contribution is 2.20. The topological polar surface area (TPSA) is 62.7 Å². The fourth-order valence-electron chi connectivity index (χ4n) is 2.76. The van der Waals surface area contributed by atoms with Crippen molar-refractivity contribution in [2.45, 2.75) is 25.9 Å². The number of aryl methyl sites for hydroxylation is 1. The summed E-state index contributed by atoms with van der Waals surface area (Å²) < 4.78 is 19.0. The standard InChI is InChI=1S/C20H21ClFN3O2/c1-13-7-8-15(21)11-18(13)24-20(23-12-17-6-3-9-27-17)25-19(26)14-4-2-5-16(22)10-14/h2,4-5,7-8,10-11,17H,3,6,9,12H2,1H3,(H2,23,24,25,26)/t17-/m1/s1. The van der Waals surface area contributed by atoms with E-state index >= 15 is 0 Å². The van der Waals surface area contributed by atoms with Crippen LogP contribution in [0.1, 0.15) is 28.8 Å². The molecule has 2 N–H and O–H groups in total. The van der Waals surface area contributed by atoms with Gasteiger partial charge < -0.3 is 10.1 Å². The van der Waals surface area contributed by atoms with Crippen LogP contribution >= 0.6 is 11.6 Å². The maximum absolute atomic E-state index is 13.4. The highest BCUT2D eigenvalue weighted by atomic mass is 35.5. The Morgan fingerprint density at radius 1 is 1.33 bits per heavy atom. The maximum atomic E-state index is 13.4. The van der Waals surface area contributed by atoms with Gasteiger partial charge in [-0.15, -0.1) is 0 Å². The maximum Gasteiger partial charge on any atom is 0.258 e. The number of carbonyl (C=O) groups excluding carboxylic acids is 1. The van der Waals surface area contributed by atoms with Gasteiger partial charge in [0.2, 0.25) is 5.96 Å². The highest BCUT2D eigenvalue weighted by molar-refractivity contribution is 6.31. The highest BCUT2D eigenvalue weighted by Gasteiger charge is 2.16. The Kier molecular flexibility index (Phi) is 6.42. The summed E-state index contributed by atoms with van der Waals surface area (Å²) in [6, 6.07) is 10.9. The number of halogens is 2. The zero-order chi connectivity index (χ0) is 19.2. The molecule has 0 unspecified atom stereocenters. The van der Waals surface area contributed by atoms with E-state index in [1.807, 2.05) is 13.0 Å². The van der Waals surface area contributed by atoms with Gasteiger partial charge in [0.05, 0.1) is 12.6 Å². The van der Waals surface area contributed by atoms with Crippen molar-refractivity contribution in [3.8, 4) is 0 Å². The molecule has 0 aliphatic carbocycles. The van der Waals surface area contributed by atoms with Gasteiger partial charge >= 0.3 is 0 Å². The summed E-state index contributed by atoms with van der Waals surface area (Å²) in [5.41, 5.74) is 1.89. The number of hydrogen-bond acceptors (Lipinski definition) is 3. The van der Waals surface area contributed by atoms with Crippen LogP contribution in [-0.4, -0.2) is 31.1 Å². The lowest BCUT2D eigenvalue weighted by atomic mass is 10.2. The number of anilines is 1. The van der Waals surface area contributed by atoms with Gasteiger partial charge in [-0.05, 0) is 55.7 Å². The molecule has 0 spiro atoms. The van der Waals surface area contributed by atoms with E-state index in [4.69, 9.17) is 16.3 Å². The quantitative estimate of drug-likeness (QED) is 0.609. The predicted molar refractivity (Wildman–Crippen MR) is 105 cm³/mol. The Labute approximate surface area is 162 Å². The van der Waals surface area contributed by atoms with Crippen LogP contribution in [0, 0.1) is 12.7 Å². The van der Waals surface area contributed by atoms with Gasteiger partial charge in [0.1, 0.15) is 5.82 Å². The van der Waals surface area contributed by atoms with Crippen LogP contribution in [0.3, 0.4) is 0 Å². The van der Waals surface area contributed by atoms with E-state index in [1.54, 1.807) is 18.2 Å². The molecule has 1 fully saturated rings. The number of hydrogen-bond donors (Lipinski definition) is 2. The SMILES string of the molecule is Cc1ccc(Cl)cc1NC(=NC[C@H]1CCCO1)NC(=O)c1cccc(F)c1. The summed E-state index contributed by atoms with van der Waals surface area (Å²) in [6.07, 6.45) is 1.98. The first kappa shape index (κ1) is 19.3. The average molecular weight is 390 g/mol. The van der Waals surface area contributed by atoms with Gasteiger partial charge in [-0.1, -0.05) is 23.7 Å². The summed E-state index contributed by atoms with van der Waals surface area (Å²) in [5, 5.41) is 6.39. The van der Waals surface area contributed by atoms with Gasteiger partial charge in [0, 0.05) is 22.9 Å². The number of aliphatic imine (C=N–C) groups is 1. The van der Waals surface area contributed by atoms with E-state index in [9.17, 15) is 9.18 Å². The lowest BCUT2D eigenvalue weighted by Crippen LogP contribution is -2.37. The Hall–Kier alpha value is -2.44. The normalized spacial score (nSPS) is 17.0. The largest absolute Gasteiger partial charge is 0.376 e. The summed E-state index contributed by atoms with van der Waals surface area (Å²) in [7, 11) is 0. The second-order valence-electron chi connectivity index (χ2n) is 6.37. The molecule has 1 heterocycles. The van der Waals surface area contributed by atoms with Crippen LogP contribution in [0.5, 0.6) is 0 Å². The third-order valence-corrected chi connectivity index (χ3v) is 4.48. The number of rotatable bonds is 4. The van der Waals surface area contributed by atoms with Gasteiger partial charge in [0.25, 0.3) is 5.91 Å². The number of amides is 1. The van der Waals surface area contributed by atoms with Crippen LogP contribution in [0.2, 0.25) is 5.02 Å². The number of nitrogens with zero attached hydrogens (tertiary/aromatic N) is 1. The van der Waals surface area contributed by atoms with E-state index in [0.29, 0.717) is 11.6 Å². The molecule has 142 valence electrons. The fourth-order valence-corrected chi connectivity index (χ4v) is 2.93. The smallest absolute Gasteiger partial charge is 0.258 e. The van der Waals surface area contributed by atoms with Crippen molar-refractivity contribution < 1.29 is 13.9 Å². The fraction of sp³-hybridized carbons (Fsp3) is 0.300. The van der Waals surface area contributed by atoms with Crippen molar-refractivity contribution in [3.05, 3.63) is 64.4 Å². The second kappa shape index (κ2) is 8.97. The summed E-state index contributed by atoms with van der Waals surface area (Å²) in [6.45, 7) is 3.07. The van der Waals surface area contributed by atoms with Gasteiger partial charge in [-0.2, -0.15) is 0 Å². The van der Waals surface area contributed by atoms with E-state index in [2.05, 4.69) is 15.6 Å². The van der Waals surface area contributed by atoms with Gasteiger partial charge in [-0.25, -0.2) is 9.38 Å². The molecule has 27 heavy (non-hydrogen) atoms. The van der Waals surface area contributed by atoms with Crippen molar-refractivity contribution >= 4 is 29.2 Å². The summed E-state index contributed by atoms with van der Waals surface area (Å²) >= 11 is 6.07. The van der Waals surface area contributed by atoms with E-state index in [0.717, 1.165) is 30.7 Å². The van der Waals surface area contributed by atoms with E-state index in [1.165, 1.54) is 18.2 Å². The molecule has 1 atom stereocenters. The molecule has 5 nitrogen and oxygen atoms in total. The minimum absolute atomic E-state index is 0.0355. The average Bonchev–Trinajstić information content (AvgIpc) is 3.16. The van der Waals surface area contributed by atoms with Crippen LogP contribution < -0.4 is 10.6 Å². The molecule has 1 amide bonds. The van der Waals surface area contributed by atoms with Crippen molar-refractivity contribution in [3.63, 3.8) is 0 Å². The molecule has 2 aromatic rings. The number of nitrogens with one attached hydrogen (secondary N) is 2. The summed E-state index contributed by atoms with van der Waals surface area (Å²) in [4.78, 5) is 17.0. The molecule has 0 bridgehead atoms. The van der Waals surface area contributed by atoms with Crippen molar-refractivity contribution in [2.24, 2.45) is 4.99 Å². The first-order valence-electron chi connectivity index (χ1n) is 8.77. The van der Waals surface area contributed by atoms with Crippen molar-refractivity contribution in [1.29, 1.82) is 0 Å². The molecule has 7 heteroatoms. The van der Waals surface area contributed by atoms with Crippen LogP contribution in [-0.2, 0) is 4.74 Å². The van der Waals surface area contributed by atoms with Crippen molar-refractivity contribution in [1.82, 2.24) is 5.32 Å². The Morgan fingerprint density at radius 3 is 2.93 bits per heavy atom. The number of benzene rings is 2. The number of carbonyl (C=O) groups is 1.